The molecule has 0 aliphatic heterocycles. The molecule has 0 spiro atoms. The molecule has 110 valence electrons. The number of amides is 1. The maximum absolute atomic E-state index is 11.4. The first-order valence-electron chi connectivity index (χ1n) is 7.82. The number of carbonyl (C=O) groups excluding carboxylic acids is 1. The Hall–Kier alpha value is -0.990. The van der Waals surface area contributed by atoms with E-state index in [0.29, 0.717) is 12.0 Å². The van der Waals surface area contributed by atoms with Gasteiger partial charge in [-0.3, -0.25) is 4.79 Å². The zero-order valence-corrected chi connectivity index (χ0v) is 12.6. The van der Waals surface area contributed by atoms with Gasteiger partial charge in [0.25, 0.3) is 0 Å². The summed E-state index contributed by atoms with van der Waals surface area (Å²) in [7, 11) is 0. The van der Waals surface area contributed by atoms with Gasteiger partial charge in [0.1, 0.15) is 0 Å². The second kappa shape index (κ2) is 9.00. The fourth-order valence-electron chi connectivity index (χ4n) is 3.07. The molecular weight excluding hydrogens is 236 g/mol. The summed E-state index contributed by atoms with van der Waals surface area (Å²) in [6, 6.07) is 0.325. The Labute approximate surface area is 118 Å². The first-order chi connectivity index (χ1) is 9.13. The third kappa shape index (κ3) is 6.65. The molecule has 19 heavy (non-hydrogen) atoms. The molecule has 3 heteroatoms. The molecule has 1 aliphatic rings. The number of allylic oxidation sites excluding steroid dienone is 1. The first-order valence-corrected chi connectivity index (χ1v) is 7.82. The zero-order chi connectivity index (χ0) is 14.1. The largest absolute Gasteiger partial charge is 0.389 e. The average molecular weight is 266 g/mol. The van der Waals surface area contributed by atoms with Gasteiger partial charge in [0, 0.05) is 25.2 Å². The van der Waals surface area contributed by atoms with Crippen LogP contribution in [0.1, 0.15) is 65.2 Å². The Morgan fingerprint density at radius 1 is 1.26 bits per heavy atom. The fraction of sp³-hybridized carbons (Fsp3) is 0.812. The average Bonchev–Trinajstić information content (AvgIpc) is 2.63. The zero-order valence-electron chi connectivity index (χ0n) is 12.6. The lowest BCUT2D eigenvalue weighted by atomic mass is 9.88. The van der Waals surface area contributed by atoms with Crippen molar-refractivity contribution in [2.75, 3.05) is 6.54 Å². The van der Waals surface area contributed by atoms with E-state index in [1.54, 1.807) is 6.92 Å². The van der Waals surface area contributed by atoms with Crippen LogP contribution in [0, 0.1) is 5.92 Å². The van der Waals surface area contributed by atoms with Crippen LogP contribution in [-0.4, -0.2) is 18.5 Å². The standard InChI is InChI=1S/C16H30N2O/c1-4-17-13(2)11-12-16(18-14(3)19)15-9-7-5-6-8-10-15/h15-17H,2,4-12H2,1,3H3,(H,18,19). The van der Waals surface area contributed by atoms with E-state index in [1.807, 2.05) is 0 Å². The molecule has 3 nitrogen and oxygen atoms in total. The minimum Gasteiger partial charge on any atom is -0.389 e. The number of nitrogens with one attached hydrogen (secondary N) is 2. The summed E-state index contributed by atoms with van der Waals surface area (Å²) >= 11 is 0. The smallest absolute Gasteiger partial charge is 0.217 e. The van der Waals surface area contributed by atoms with Gasteiger partial charge in [-0.25, -0.2) is 0 Å². The molecule has 0 aromatic carbocycles. The normalized spacial score (nSPS) is 18.4. The molecule has 1 fully saturated rings. The lowest BCUT2D eigenvalue weighted by Crippen LogP contribution is -2.39. The Balaban J connectivity index is 2.49. The highest BCUT2D eigenvalue weighted by Crippen LogP contribution is 2.27. The molecule has 1 saturated carbocycles. The van der Waals surface area contributed by atoms with Crippen molar-refractivity contribution in [1.82, 2.24) is 10.6 Å². The molecule has 0 aromatic rings. The minimum atomic E-state index is 0.100. The van der Waals surface area contributed by atoms with Crippen LogP contribution in [0.2, 0.25) is 0 Å². The van der Waals surface area contributed by atoms with Gasteiger partial charge in [-0.15, -0.1) is 0 Å². The first kappa shape index (κ1) is 16.1. The van der Waals surface area contributed by atoms with Crippen molar-refractivity contribution in [1.29, 1.82) is 0 Å². The molecule has 2 N–H and O–H groups in total. The van der Waals surface area contributed by atoms with Gasteiger partial charge in [0.2, 0.25) is 5.91 Å². The van der Waals surface area contributed by atoms with Crippen molar-refractivity contribution in [3.05, 3.63) is 12.3 Å². The lowest BCUT2D eigenvalue weighted by Gasteiger charge is -2.27. The molecule has 1 atom stereocenters. The molecule has 0 bridgehead atoms. The van der Waals surface area contributed by atoms with E-state index in [-0.39, 0.29) is 5.91 Å². The van der Waals surface area contributed by atoms with E-state index >= 15 is 0 Å². The van der Waals surface area contributed by atoms with Crippen molar-refractivity contribution in [2.24, 2.45) is 5.92 Å². The maximum atomic E-state index is 11.4. The molecule has 0 saturated heterocycles. The van der Waals surface area contributed by atoms with E-state index in [4.69, 9.17) is 0 Å². The Bertz CT molecular complexity index is 280. The maximum Gasteiger partial charge on any atom is 0.217 e. The fourth-order valence-corrected chi connectivity index (χ4v) is 3.07. The van der Waals surface area contributed by atoms with Crippen LogP contribution < -0.4 is 10.6 Å². The highest BCUT2D eigenvalue weighted by atomic mass is 16.1. The van der Waals surface area contributed by atoms with Crippen LogP contribution in [0.4, 0.5) is 0 Å². The summed E-state index contributed by atoms with van der Waals surface area (Å²) in [6.07, 6.45) is 9.83. The summed E-state index contributed by atoms with van der Waals surface area (Å²) < 4.78 is 0. The summed E-state index contributed by atoms with van der Waals surface area (Å²) in [5, 5.41) is 6.43. The topological polar surface area (TPSA) is 41.1 Å². The minimum absolute atomic E-state index is 0.100. The van der Waals surface area contributed by atoms with Gasteiger partial charge in [-0.2, -0.15) is 0 Å². The highest BCUT2D eigenvalue weighted by molar-refractivity contribution is 5.73. The summed E-state index contributed by atoms with van der Waals surface area (Å²) in [4.78, 5) is 11.4. The van der Waals surface area contributed by atoms with Crippen LogP contribution >= 0.6 is 0 Å². The Kier molecular flexibility index (Phi) is 7.61. The predicted octanol–water partition coefficient (Wildman–Crippen LogP) is 3.36. The van der Waals surface area contributed by atoms with Gasteiger partial charge >= 0.3 is 0 Å². The Morgan fingerprint density at radius 3 is 2.42 bits per heavy atom. The Morgan fingerprint density at radius 2 is 1.89 bits per heavy atom. The summed E-state index contributed by atoms with van der Waals surface area (Å²) in [5.74, 6) is 0.754. The van der Waals surface area contributed by atoms with Gasteiger partial charge < -0.3 is 10.6 Å². The van der Waals surface area contributed by atoms with Crippen LogP contribution in [0.3, 0.4) is 0 Å². The van der Waals surface area contributed by atoms with Crippen LogP contribution in [0.25, 0.3) is 0 Å². The van der Waals surface area contributed by atoms with Gasteiger partial charge in [-0.05, 0) is 38.5 Å². The van der Waals surface area contributed by atoms with E-state index in [0.717, 1.165) is 25.1 Å². The molecule has 0 aromatic heterocycles. The van der Waals surface area contributed by atoms with Crippen molar-refractivity contribution in [2.45, 2.75) is 71.3 Å². The van der Waals surface area contributed by atoms with E-state index in [1.165, 1.54) is 38.5 Å². The summed E-state index contributed by atoms with van der Waals surface area (Å²) in [5.41, 5.74) is 1.09. The monoisotopic (exact) mass is 266 g/mol. The van der Waals surface area contributed by atoms with E-state index in [9.17, 15) is 4.79 Å². The third-order valence-corrected chi connectivity index (χ3v) is 4.04. The second-order valence-electron chi connectivity index (χ2n) is 5.73. The third-order valence-electron chi connectivity index (χ3n) is 4.04. The van der Waals surface area contributed by atoms with Crippen molar-refractivity contribution in [3.8, 4) is 0 Å². The quantitative estimate of drug-likeness (QED) is 0.694. The summed E-state index contributed by atoms with van der Waals surface area (Å²) in [6.45, 7) is 8.67. The lowest BCUT2D eigenvalue weighted by molar-refractivity contribution is -0.120. The highest BCUT2D eigenvalue weighted by Gasteiger charge is 2.23. The number of carbonyl (C=O) groups is 1. The van der Waals surface area contributed by atoms with Crippen molar-refractivity contribution >= 4 is 5.91 Å². The van der Waals surface area contributed by atoms with Crippen molar-refractivity contribution in [3.63, 3.8) is 0 Å². The van der Waals surface area contributed by atoms with E-state index < -0.39 is 0 Å². The molecule has 0 radical (unpaired) electrons. The second-order valence-corrected chi connectivity index (χ2v) is 5.73. The van der Waals surface area contributed by atoms with Crippen LogP contribution in [0.15, 0.2) is 12.3 Å². The predicted molar refractivity (Wildman–Crippen MR) is 80.8 cm³/mol. The molecule has 1 amide bonds. The SMILES string of the molecule is C=C(CCC(NC(C)=O)C1CCCCCC1)NCC. The molecule has 1 unspecified atom stereocenters. The molecular formula is C16H30N2O. The van der Waals surface area contributed by atoms with Crippen LogP contribution in [0.5, 0.6) is 0 Å². The van der Waals surface area contributed by atoms with Gasteiger partial charge in [-0.1, -0.05) is 32.3 Å². The van der Waals surface area contributed by atoms with Gasteiger partial charge in [0.15, 0.2) is 0 Å². The number of hydrogen-bond donors (Lipinski definition) is 2. The molecule has 1 aliphatic carbocycles. The molecule has 1 rings (SSSR count). The van der Waals surface area contributed by atoms with Crippen molar-refractivity contribution < 1.29 is 4.79 Å². The molecule has 0 heterocycles. The number of rotatable bonds is 7. The number of hydrogen-bond acceptors (Lipinski definition) is 2. The van der Waals surface area contributed by atoms with Gasteiger partial charge in [0.05, 0.1) is 0 Å². The van der Waals surface area contributed by atoms with E-state index in [2.05, 4.69) is 24.1 Å². The van der Waals surface area contributed by atoms with Crippen LogP contribution in [-0.2, 0) is 4.79 Å².